The Morgan fingerprint density at radius 1 is 1.37 bits per heavy atom. The Balaban J connectivity index is 2.24. The van der Waals surface area contributed by atoms with E-state index in [1.54, 1.807) is 6.20 Å². The summed E-state index contributed by atoms with van der Waals surface area (Å²) in [5.74, 6) is -0.735. The Morgan fingerprint density at radius 3 is 2.84 bits per heavy atom. The Hall–Kier alpha value is -1.43. The number of nitrogens with zero attached hydrogens (tertiary/aromatic N) is 2. The van der Waals surface area contributed by atoms with Crippen LogP contribution in [0.4, 0.5) is 20.4 Å². The summed E-state index contributed by atoms with van der Waals surface area (Å²) in [4.78, 5) is 4.14. The van der Waals surface area contributed by atoms with E-state index in [4.69, 9.17) is 0 Å². The van der Waals surface area contributed by atoms with E-state index in [9.17, 15) is 8.78 Å². The highest BCUT2D eigenvalue weighted by Crippen LogP contribution is 2.29. The van der Waals surface area contributed by atoms with Crippen LogP contribution in [0.1, 0.15) is 19.8 Å². The van der Waals surface area contributed by atoms with E-state index in [0.29, 0.717) is 10.4 Å². The molecule has 0 aliphatic heterocycles. The molecule has 19 heavy (non-hydrogen) atoms. The van der Waals surface area contributed by atoms with E-state index in [2.05, 4.69) is 33.2 Å². The fourth-order valence-electron chi connectivity index (χ4n) is 1.72. The van der Waals surface area contributed by atoms with Crippen molar-refractivity contribution < 1.29 is 8.78 Å². The van der Waals surface area contributed by atoms with Crippen molar-refractivity contribution in [1.82, 2.24) is 9.55 Å². The zero-order chi connectivity index (χ0) is 13.8. The molecule has 3 nitrogen and oxygen atoms in total. The molecule has 0 radical (unpaired) electrons. The van der Waals surface area contributed by atoms with E-state index in [1.807, 2.05) is 10.8 Å². The normalized spacial score (nSPS) is 10.7. The van der Waals surface area contributed by atoms with Gasteiger partial charge >= 0.3 is 0 Å². The van der Waals surface area contributed by atoms with E-state index in [-0.39, 0.29) is 5.69 Å². The van der Waals surface area contributed by atoms with E-state index in [1.165, 1.54) is 6.07 Å². The predicted octanol–water partition coefficient (Wildman–Crippen LogP) is 4.47. The van der Waals surface area contributed by atoms with Crippen LogP contribution in [0.25, 0.3) is 0 Å². The molecule has 2 rings (SSSR count). The first kappa shape index (κ1) is 14.0. The third kappa shape index (κ3) is 3.32. The molecule has 0 saturated heterocycles. The maximum Gasteiger partial charge on any atom is 0.207 e. The molecule has 0 aliphatic rings. The SMILES string of the molecule is CCCCn1ccnc1Nc1c(F)cc(F)cc1Br. The second-order valence-corrected chi connectivity index (χ2v) is 5.02. The molecule has 1 heterocycles. The molecule has 1 aromatic heterocycles. The number of aromatic nitrogens is 2. The highest BCUT2D eigenvalue weighted by Gasteiger charge is 2.12. The second kappa shape index (κ2) is 6.14. The minimum Gasteiger partial charge on any atom is -0.322 e. The monoisotopic (exact) mass is 329 g/mol. The first-order chi connectivity index (χ1) is 9.11. The maximum absolute atomic E-state index is 13.7. The number of imidazole rings is 1. The van der Waals surface area contributed by atoms with Gasteiger partial charge in [-0.2, -0.15) is 0 Å². The number of halogens is 3. The van der Waals surface area contributed by atoms with Crippen molar-refractivity contribution in [2.24, 2.45) is 0 Å². The van der Waals surface area contributed by atoms with Crippen molar-refractivity contribution in [3.63, 3.8) is 0 Å². The second-order valence-electron chi connectivity index (χ2n) is 4.17. The van der Waals surface area contributed by atoms with Gasteiger partial charge in [-0.3, -0.25) is 0 Å². The lowest BCUT2D eigenvalue weighted by molar-refractivity contribution is 0.584. The van der Waals surface area contributed by atoms with E-state index in [0.717, 1.165) is 25.5 Å². The number of anilines is 2. The van der Waals surface area contributed by atoms with Crippen LogP contribution in [0.3, 0.4) is 0 Å². The Kier molecular flexibility index (Phi) is 4.52. The van der Waals surface area contributed by atoms with Crippen LogP contribution in [0.5, 0.6) is 0 Å². The number of benzene rings is 1. The molecular weight excluding hydrogens is 316 g/mol. The van der Waals surface area contributed by atoms with Gasteiger partial charge in [0.25, 0.3) is 0 Å². The molecule has 0 fully saturated rings. The Morgan fingerprint density at radius 2 is 2.16 bits per heavy atom. The van der Waals surface area contributed by atoms with Crippen molar-refractivity contribution in [3.8, 4) is 0 Å². The number of rotatable bonds is 5. The van der Waals surface area contributed by atoms with Crippen LogP contribution in [-0.2, 0) is 6.54 Å². The minimum atomic E-state index is -0.656. The average molecular weight is 330 g/mol. The molecule has 0 bridgehead atoms. The lowest BCUT2D eigenvalue weighted by Gasteiger charge is -2.11. The van der Waals surface area contributed by atoms with Crippen molar-refractivity contribution in [3.05, 3.63) is 40.6 Å². The van der Waals surface area contributed by atoms with Gasteiger partial charge in [-0.05, 0) is 28.4 Å². The largest absolute Gasteiger partial charge is 0.322 e. The minimum absolute atomic E-state index is 0.186. The molecule has 0 saturated carbocycles. The molecule has 0 unspecified atom stereocenters. The molecule has 2 aromatic rings. The Bertz CT molecular complexity index is 546. The summed E-state index contributed by atoms with van der Waals surface area (Å²) in [6.07, 6.45) is 5.55. The fraction of sp³-hybridized carbons (Fsp3) is 0.308. The summed E-state index contributed by atoms with van der Waals surface area (Å²) in [5, 5.41) is 2.89. The summed E-state index contributed by atoms with van der Waals surface area (Å²) < 4.78 is 29.0. The van der Waals surface area contributed by atoms with Gasteiger partial charge in [-0.15, -0.1) is 0 Å². The van der Waals surface area contributed by atoms with Crippen LogP contribution in [0.15, 0.2) is 29.0 Å². The number of hydrogen-bond donors (Lipinski definition) is 1. The van der Waals surface area contributed by atoms with Crippen LogP contribution in [0, 0.1) is 11.6 Å². The summed E-state index contributed by atoms with van der Waals surface area (Å²) in [6, 6.07) is 2.05. The summed E-state index contributed by atoms with van der Waals surface area (Å²) >= 11 is 3.14. The van der Waals surface area contributed by atoms with Crippen molar-refractivity contribution in [2.45, 2.75) is 26.3 Å². The fourth-order valence-corrected chi connectivity index (χ4v) is 2.22. The van der Waals surface area contributed by atoms with Crippen molar-refractivity contribution in [1.29, 1.82) is 0 Å². The van der Waals surface area contributed by atoms with Gasteiger partial charge in [0.2, 0.25) is 5.95 Å². The quantitative estimate of drug-likeness (QED) is 0.877. The molecule has 1 aromatic carbocycles. The smallest absolute Gasteiger partial charge is 0.207 e. The molecule has 0 amide bonds. The molecule has 6 heteroatoms. The van der Waals surface area contributed by atoms with Crippen molar-refractivity contribution in [2.75, 3.05) is 5.32 Å². The van der Waals surface area contributed by atoms with Gasteiger partial charge in [-0.25, -0.2) is 13.8 Å². The van der Waals surface area contributed by atoms with Crippen LogP contribution in [0.2, 0.25) is 0 Å². The third-order valence-electron chi connectivity index (χ3n) is 2.71. The van der Waals surface area contributed by atoms with Gasteiger partial charge in [-0.1, -0.05) is 13.3 Å². The molecule has 1 N–H and O–H groups in total. The lowest BCUT2D eigenvalue weighted by atomic mass is 10.3. The zero-order valence-electron chi connectivity index (χ0n) is 10.5. The van der Waals surface area contributed by atoms with Gasteiger partial charge < -0.3 is 9.88 Å². The summed E-state index contributed by atoms with van der Waals surface area (Å²) in [6.45, 7) is 2.90. The van der Waals surface area contributed by atoms with Gasteiger partial charge in [0.15, 0.2) is 5.82 Å². The number of nitrogens with one attached hydrogen (secondary N) is 1. The first-order valence-electron chi connectivity index (χ1n) is 6.04. The van der Waals surface area contributed by atoms with Gasteiger partial charge in [0, 0.05) is 29.5 Å². The van der Waals surface area contributed by atoms with E-state index >= 15 is 0 Å². The van der Waals surface area contributed by atoms with Crippen LogP contribution in [-0.4, -0.2) is 9.55 Å². The molecule has 0 aliphatic carbocycles. The van der Waals surface area contributed by atoms with Gasteiger partial charge in [0.1, 0.15) is 5.82 Å². The molecular formula is C13H14BrF2N3. The lowest BCUT2D eigenvalue weighted by Crippen LogP contribution is -2.05. The molecule has 0 atom stereocenters. The number of hydrogen-bond acceptors (Lipinski definition) is 2. The number of unbranched alkanes of at least 4 members (excludes halogenated alkanes) is 1. The highest BCUT2D eigenvalue weighted by molar-refractivity contribution is 9.10. The predicted molar refractivity (Wildman–Crippen MR) is 74.5 cm³/mol. The Labute approximate surface area is 118 Å². The molecule has 102 valence electrons. The van der Waals surface area contributed by atoms with E-state index < -0.39 is 11.6 Å². The standard InChI is InChI=1S/C13H14BrF2N3/c1-2-3-5-19-6-4-17-13(19)18-12-10(14)7-9(15)8-11(12)16/h4,6-8H,2-3,5H2,1H3,(H,17,18). The van der Waals surface area contributed by atoms with Crippen LogP contribution < -0.4 is 5.32 Å². The first-order valence-corrected chi connectivity index (χ1v) is 6.83. The van der Waals surface area contributed by atoms with Gasteiger partial charge in [0.05, 0.1) is 5.69 Å². The summed E-state index contributed by atoms with van der Waals surface area (Å²) in [7, 11) is 0. The van der Waals surface area contributed by atoms with Crippen molar-refractivity contribution >= 4 is 27.6 Å². The average Bonchev–Trinajstić information content (AvgIpc) is 2.78. The topological polar surface area (TPSA) is 29.9 Å². The zero-order valence-corrected chi connectivity index (χ0v) is 12.0. The third-order valence-corrected chi connectivity index (χ3v) is 3.34. The highest BCUT2D eigenvalue weighted by atomic mass is 79.9. The maximum atomic E-state index is 13.7. The molecule has 0 spiro atoms. The number of aryl methyl sites for hydroxylation is 1. The summed E-state index contributed by atoms with van der Waals surface area (Å²) in [5.41, 5.74) is 0.186. The van der Waals surface area contributed by atoms with Crippen LogP contribution >= 0.6 is 15.9 Å².